The molecule has 0 aliphatic carbocycles. The van der Waals surface area contributed by atoms with Gasteiger partial charge in [-0.1, -0.05) is 6.92 Å². The van der Waals surface area contributed by atoms with Crippen LogP contribution in [0, 0.1) is 10.1 Å². The second-order valence-corrected chi connectivity index (χ2v) is 6.95. The summed E-state index contributed by atoms with van der Waals surface area (Å²) in [5.41, 5.74) is 0.00753. The first-order chi connectivity index (χ1) is 15.2. The van der Waals surface area contributed by atoms with E-state index in [9.17, 15) is 24.5 Å². The number of hydrogen-bond donors (Lipinski definition) is 1. The molecule has 0 unspecified atom stereocenters. The van der Waals surface area contributed by atoms with Gasteiger partial charge in [-0.25, -0.2) is 9.59 Å². The summed E-state index contributed by atoms with van der Waals surface area (Å²) in [7, 11) is 1.20. The maximum absolute atomic E-state index is 12.8. The van der Waals surface area contributed by atoms with E-state index >= 15 is 0 Å². The normalized spacial score (nSPS) is 15.6. The first-order valence-electron chi connectivity index (χ1n) is 9.70. The molecule has 0 radical (unpaired) electrons. The third-order valence-electron chi connectivity index (χ3n) is 4.73. The molecule has 32 heavy (non-hydrogen) atoms. The van der Waals surface area contributed by atoms with E-state index in [2.05, 4.69) is 10.1 Å². The van der Waals surface area contributed by atoms with Crippen LogP contribution in [0.3, 0.4) is 0 Å². The topological polar surface area (TPSA) is 141 Å². The number of nitrogens with one attached hydrogen (secondary N) is 1. The highest BCUT2D eigenvalue weighted by molar-refractivity contribution is 6.14. The number of hydrogen-bond acceptors (Lipinski definition) is 8. The third kappa shape index (κ3) is 4.77. The summed E-state index contributed by atoms with van der Waals surface area (Å²) in [6.45, 7) is 3.55. The molecule has 1 aliphatic rings. The zero-order chi connectivity index (χ0) is 23.4. The van der Waals surface area contributed by atoms with Crippen molar-refractivity contribution < 1.29 is 33.2 Å². The molecular formula is C21H21N3O8. The number of esters is 1. The number of carbonyl (C=O) groups is 3. The van der Waals surface area contributed by atoms with Gasteiger partial charge in [0.2, 0.25) is 5.76 Å². The fourth-order valence-electron chi connectivity index (χ4n) is 2.87. The lowest BCUT2D eigenvalue weighted by atomic mass is 10.1. The molecule has 1 aromatic carbocycles. The molecule has 3 rings (SSSR count). The standard InChI is InChI=1S/C21H21N3O8/c1-4-12(2)31-17-7-5-14(24(28)29)9-13(17)10-16-19(25)23(21(27)22-16)11-15-6-8-18(32-15)20(26)30-3/h5-10,12H,4,11H2,1-3H3,(H,22,27)/b16-10-/t12-/m1/s1. The van der Waals surface area contributed by atoms with E-state index < -0.39 is 22.8 Å². The number of rotatable bonds is 8. The van der Waals surface area contributed by atoms with Crippen molar-refractivity contribution in [2.24, 2.45) is 0 Å². The zero-order valence-corrected chi connectivity index (χ0v) is 17.6. The Labute approximate surface area is 182 Å². The summed E-state index contributed by atoms with van der Waals surface area (Å²) in [5.74, 6) is -0.868. The summed E-state index contributed by atoms with van der Waals surface area (Å²) in [6.07, 6.45) is 1.86. The van der Waals surface area contributed by atoms with E-state index in [-0.39, 0.29) is 41.1 Å². The van der Waals surface area contributed by atoms with Crippen LogP contribution >= 0.6 is 0 Å². The van der Waals surface area contributed by atoms with Gasteiger partial charge in [0.15, 0.2) is 0 Å². The minimum absolute atomic E-state index is 0.0613. The average Bonchev–Trinajstić information content (AvgIpc) is 3.34. The lowest BCUT2D eigenvalue weighted by Gasteiger charge is -2.15. The summed E-state index contributed by atoms with van der Waals surface area (Å²) in [6, 6.07) is 6.14. The number of benzene rings is 1. The first-order valence-corrected chi connectivity index (χ1v) is 9.70. The van der Waals surface area contributed by atoms with E-state index in [4.69, 9.17) is 9.15 Å². The van der Waals surface area contributed by atoms with Crippen LogP contribution in [-0.2, 0) is 16.1 Å². The maximum atomic E-state index is 12.8. The zero-order valence-electron chi connectivity index (χ0n) is 17.6. The van der Waals surface area contributed by atoms with Gasteiger partial charge < -0.3 is 19.2 Å². The van der Waals surface area contributed by atoms with Crippen molar-refractivity contribution in [1.82, 2.24) is 10.2 Å². The van der Waals surface area contributed by atoms with Gasteiger partial charge in [-0.15, -0.1) is 0 Å². The highest BCUT2D eigenvalue weighted by Crippen LogP contribution is 2.29. The Bertz CT molecular complexity index is 1100. The molecule has 0 spiro atoms. The molecule has 1 aromatic heterocycles. The predicted molar refractivity (Wildman–Crippen MR) is 111 cm³/mol. The Morgan fingerprint density at radius 3 is 2.72 bits per heavy atom. The molecule has 168 valence electrons. The Balaban J connectivity index is 1.87. The van der Waals surface area contributed by atoms with Gasteiger partial charge in [-0.2, -0.15) is 0 Å². The van der Waals surface area contributed by atoms with Crippen LogP contribution < -0.4 is 10.1 Å². The first kappa shape index (κ1) is 22.5. The molecule has 11 nitrogen and oxygen atoms in total. The fourth-order valence-corrected chi connectivity index (χ4v) is 2.87. The van der Waals surface area contributed by atoms with E-state index in [0.717, 1.165) is 4.90 Å². The number of carbonyl (C=O) groups excluding carboxylic acids is 3. The number of amides is 3. The molecule has 0 saturated carbocycles. The molecule has 1 N–H and O–H groups in total. The lowest BCUT2D eigenvalue weighted by Crippen LogP contribution is -2.30. The molecule has 1 atom stereocenters. The van der Waals surface area contributed by atoms with E-state index in [0.29, 0.717) is 12.2 Å². The molecule has 2 aromatic rings. The Morgan fingerprint density at radius 1 is 1.31 bits per heavy atom. The Hall–Kier alpha value is -4.15. The minimum Gasteiger partial charge on any atom is -0.490 e. The number of non-ortho nitro benzene ring substituents is 1. The SMILES string of the molecule is CC[C@@H](C)Oc1ccc([N+](=O)[O-])cc1/C=C1\NC(=O)N(Cc2ccc(C(=O)OC)o2)C1=O. The number of nitro groups is 1. The molecule has 3 amide bonds. The number of ether oxygens (including phenoxy) is 2. The van der Waals surface area contributed by atoms with Crippen molar-refractivity contribution >= 4 is 29.7 Å². The van der Waals surface area contributed by atoms with Gasteiger partial charge in [0.25, 0.3) is 11.6 Å². The molecule has 2 heterocycles. The molecule has 11 heteroatoms. The summed E-state index contributed by atoms with van der Waals surface area (Å²) in [5, 5.41) is 13.6. The fraction of sp³-hybridized carbons (Fsp3) is 0.286. The maximum Gasteiger partial charge on any atom is 0.373 e. The minimum atomic E-state index is -0.702. The van der Waals surface area contributed by atoms with Crippen molar-refractivity contribution in [2.75, 3.05) is 7.11 Å². The number of nitrogens with zero attached hydrogens (tertiary/aromatic N) is 2. The highest BCUT2D eigenvalue weighted by Gasteiger charge is 2.34. The Morgan fingerprint density at radius 2 is 2.06 bits per heavy atom. The Kier molecular flexibility index (Phi) is 6.57. The van der Waals surface area contributed by atoms with Gasteiger partial charge in [0, 0.05) is 17.7 Å². The van der Waals surface area contributed by atoms with Gasteiger partial charge in [0.1, 0.15) is 17.2 Å². The highest BCUT2D eigenvalue weighted by atomic mass is 16.6. The van der Waals surface area contributed by atoms with Crippen molar-refractivity contribution in [3.63, 3.8) is 0 Å². The second-order valence-electron chi connectivity index (χ2n) is 6.95. The third-order valence-corrected chi connectivity index (χ3v) is 4.73. The molecule has 1 saturated heterocycles. The van der Waals surface area contributed by atoms with Crippen molar-refractivity contribution in [3.8, 4) is 5.75 Å². The van der Waals surface area contributed by atoms with Crippen molar-refractivity contribution in [2.45, 2.75) is 32.9 Å². The van der Waals surface area contributed by atoms with Crippen LogP contribution in [0.2, 0.25) is 0 Å². The van der Waals surface area contributed by atoms with Crippen LogP contribution in [0.15, 0.2) is 40.4 Å². The van der Waals surface area contributed by atoms with Crippen LogP contribution in [0.25, 0.3) is 6.08 Å². The number of urea groups is 1. The number of imide groups is 1. The average molecular weight is 443 g/mol. The number of methoxy groups -OCH3 is 1. The van der Waals surface area contributed by atoms with E-state index in [1.807, 2.05) is 13.8 Å². The van der Waals surface area contributed by atoms with E-state index in [1.165, 1.54) is 43.5 Å². The van der Waals surface area contributed by atoms with Crippen molar-refractivity contribution in [3.05, 3.63) is 63.2 Å². The van der Waals surface area contributed by atoms with Gasteiger partial charge in [-0.05, 0) is 37.6 Å². The number of nitro benzene ring substituents is 1. The van der Waals surface area contributed by atoms with E-state index in [1.54, 1.807) is 0 Å². The quantitative estimate of drug-likeness (QED) is 0.215. The largest absolute Gasteiger partial charge is 0.490 e. The smallest absolute Gasteiger partial charge is 0.373 e. The van der Waals surface area contributed by atoms with Crippen LogP contribution in [-0.4, -0.2) is 40.9 Å². The molecular weight excluding hydrogens is 422 g/mol. The monoisotopic (exact) mass is 443 g/mol. The van der Waals surface area contributed by atoms with Crippen molar-refractivity contribution in [1.29, 1.82) is 0 Å². The molecule has 1 fully saturated rings. The lowest BCUT2D eigenvalue weighted by molar-refractivity contribution is -0.384. The van der Waals surface area contributed by atoms with Gasteiger partial charge >= 0.3 is 12.0 Å². The summed E-state index contributed by atoms with van der Waals surface area (Å²) in [4.78, 5) is 48.2. The van der Waals surface area contributed by atoms with Crippen LogP contribution in [0.1, 0.15) is 42.1 Å². The molecule has 1 aliphatic heterocycles. The van der Waals surface area contributed by atoms with Crippen LogP contribution in [0.5, 0.6) is 5.75 Å². The van der Waals surface area contributed by atoms with Crippen LogP contribution in [0.4, 0.5) is 10.5 Å². The molecule has 0 bridgehead atoms. The predicted octanol–water partition coefficient (Wildman–Crippen LogP) is 3.24. The summed E-state index contributed by atoms with van der Waals surface area (Å²) < 4.78 is 15.7. The number of furan rings is 1. The summed E-state index contributed by atoms with van der Waals surface area (Å²) >= 11 is 0. The second kappa shape index (κ2) is 9.33. The van der Waals surface area contributed by atoms with Gasteiger partial charge in [-0.3, -0.25) is 19.8 Å². The van der Waals surface area contributed by atoms with Gasteiger partial charge in [0.05, 0.1) is 24.7 Å².